The summed E-state index contributed by atoms with van der Waals surface area (Å²) >= 11 is 0. The van der Waals surface area contributed by atoms with Crippen LogP contribution in [0.3, 0.4) is 0 Å². The second kappa shape index (κ2) is 6.34. The Morgan fingerprint density at radius 2 is 2.00 bits per heavy atom. The van der Waals surface area contributed by atoms with Crippen LogP contribution in [-0.4, -0.2) is 22.3 Å². The van der Waals surface area contributed by atoms with Crippen molar-refractivity contribution < 1.29 is 9.63 Å². The van der Waals surface area contributed by atoms with Crippen molar-refractivity contribution in [1.82, 2.24) is 15.3 Å². The summed E-state index contributed by atoms with van der Waals surface area (Å²) in [4.78, 5) is 16.9. The Balaban J connectivity index is 2.34. The summed E-state index contributed by atoms with van der Waals surface area (Å²) in [5, 5.41) is 4.32. The zero-order valence-electron chi connectivity index (χ0n) is 12.0. The SMILES string of the molecule is CCONC(=O)c1cnn(-c2ccc(C)cc2)c1CC. The fraction of sp³-hybridized carbons (Fsp3) is 0.333. The molecule has 0 saturated carbocycles. The van der Waals surface area contributed by atoms with Gasteiger partial charge in [-0.2, -0.15) is 5.10 Å². The van der Waals surface area contributed by atoms with Gasteiger partial charge in [0.1, 0.15) is 0 Å². The van der Waals surface area contributed by atoms with Crippen molar-refractivity contribution >= 4 is 5.91 Å². The van der Waals surface area contributed by atoms with Crippen LogP contribution in [0.25, 0.3) is 5.69 Å². The van der Waals surface area contributed by atoms with Gasteiger partial charge in [0.15, 0.2) is 0 Å². The van der Waals surface area contributed by atoms with Gasteiger partial charge in [0, 0.05) is 0 Å². The first-order chi connectivity index (χ1) is 9.67. The lowest BCUT2D eigenvalue weighted by atomic mass is 10.2. The smallest absolute Gasteiger partial charge is 0.274 e. The average Bonchev–Trinajstić information content (AvgIpc) is 2.89. The Morgan fingerprint density at radius 3 is 2.60 bits per heavy atom. The zero-order chi connectivity index (χ0) is 14.5. The summed E-state index contributed by atoms with van der Waals surface area (Å²) in [5.41, 5.74) is 5.95. The number of aryl methyl sites for hydroxylation is 1. The molecule has 0 saturated heterocycles. The normalized spacial score (nSPS) is 10.6. The highest BCUT2D eigenvalue weighted by molar-refractivity contribution is 5.94. The Bertz CT molecular complexity index is 588. The maximum absolute atomic E-state index is 12.0. The number of benzene rings is 1. The van der Waals surface area contributed by atoms with Gasteiger partial charge in [-0.3, -0.25) is 9.63 Å². The summed E-state index contributed by atoms with van der Waals surface area (Å²) < 4.78 is 1.79. The van der Waals surface area contributed by atoms with Crippen molar-refractivity contribution in [1.29, 1.82) is 0 Å². The van der Waals surface area contributed by atoms with E-state index in [4.69, 9.17) is 4.84 Å². The Morgan fingerprint density at radius 1 is 1.30 bits per heavy atom. The highest BCUT2D eigenvalue weighted by Gasteiger charge is 2.17. The number of nitrogens with zero attached hydrogens (tertiary/aromatic N) is 2. The highest BCUT2D eigenvalue weighted by Crippen LogP contribution is 2.16. The van der Waals surface area contributed by atoms with Gasteiger partial charge >= 0.3 is 0 Å². The van der Waals surface area contributed by atoms with Crippen molar-refractivity contribution in [2.24, 2.45) is 0 Å². The molecule has 1 N–H and O–H groups in total. The van der Waals surface area contributed by atoms with Crippen molar-refractivity contribution in [3.8, 4) is 5.69 Å². The quantitative estimate of drug-likeness (QED) is 0.851. The number of nitrogens with one attached hydrogen (secondary N) is 1. The molecule has 5 heteroatoms. The molecule has 0 aliphatic carbocycles. The standard InChI is InChI=1S/C15H19N3O2/c1-4-14-13(15(19)17-20-5-2)10-16-18(14)12-8-6-11(3)7-9-12/h6-10H,4-5H2,1-3H3,(H,17,19). The minimum Gasteiger partial charge on any atom is -0.274 e. The average molecular weight is 273 g/mol. The Kier molecular flexibility index (Phi) is 4.53. The van der Waals surface area contributed by atoms with Gasteiger partial charge in [-0.15, -0.1) is 0 Å². The van der Waals surface area contributed by atoms with E-state index in [9.17, 15) is 4.79 Å². The molecular weight excluding hydrogens is 254 g/mol. The van der Waals surface area contributed by atoms with Crippen LogP contribution in [0, 0.1) is 6.92 Å². The first-order valence-corrected chi connectivity index (χ1v) is 6.73. The van der Waals surface area contributed by atoms with E-state index in [0.717, 1.165) is 11.4 Å². The number of rotatable bonds is 5. The van der Waals surface area contributed by atoms with E-state index in [0.29, 0.717) is 18.6 Å². The summed E-state index contributed by atoms with van der Waals surface area (Å²) in [7, 11) is 0. The monoisotopic (exact) mass is 273 g/mol. The number of carbonyl (C=O) groups is 1. The van der Waals surface area contributed by atoms with Crippen molar-refractivity contribution in [2.45, 2.75) is 27.2 Å². The van der Waals surface area contributed by atoms with Crippen LogP contribution in [0.1, 0.15) is 35.5 Å². The molecule has 2 aromatic rings. The third-order valence-corrected chi connectivity index (χ3v) is 3.04. The van der Waals surface area contributed by atoms with Crippen molar-refractivity contribution in [3.05, 3.63) is 47.3 Å². The van der Waals surface area contributed by atoms with E-state index in [-0.39, 0.29) is 5.91 Å². The van der Waals surface area contributed by atoms with Gasteiger partial charge in [-0.1, -0.05) is 24.6 Å². The molecule has 1 aromatic heterocycles. The molecule has 1 heterocycles. The molecule has 0 bridgehead atoms. The minimum absolute atomic E-state index is 0.262. The van der Waals surface area contributed by atoms with Crippen LogP contribution in [0.4, 0.5) is 0 Å². The lowest BCUT2D eigenvalue weighted by Gasteiger charge is -2.08. The molecule has 0 spiro atoms. The third kappa shape index (κ3) is 2.88. The summed E-state index contributed by atoms with van der Waals surface area (Å²) in [5.74, 6) is -0.262. The zero-order valence-corrected chi connectivity index (χ0v) is 12.0. The minimum atomic E-state index is -0.262. The van der Waals surface area contributed by atoms with Crippen molar-refractivity contribution in [3.63, 3.8) is 0 Å². The second-order valence-electron chi connectivity index (χ2n) is 4.47. The molecule has 2 rings (SSSR count). The number of hydrogen-bond acceptors (Lipinski definition) is 3. The van der Waals surface area contributed by atoms with E-state index in [1.54, 1.807) is 10.9 Å². The molecule has 0 fully saturated rings. The first-order valence-electron chi connectivity index (χ1n) is 6.73. The molecule has 0 atom stereocenters. The van der Waals surface area contributed by atoms with Gasteiger partial charge in [0.25, 0.3) is 5.91 Å². The fourth-order valence-corrected chi connectivity index (χ4v) is 2.00. The lowest BCUT2D eigenvalue weighted by Crippen LogP contribution is -2.24. The molecule has 1 amide bonds. The predicted octanol–water partition coefficient (Wildman–Crippen LogP) is 2.42. The fourth-order valence-electron chi connectivity index (χ4n) is 2.00. The maximum Gasteiger partial charge on any atom is 0.278 e. The Labute approximate surface area is 118 Å². The topological polar surface area (TPSA) is 56.1 Å². The molecule has 0 aliphatic rings. The summed E-state index contributed by atoms with van der Waals surface area (Å²) in [6.45, 7) is 6.28. The van der Waals surface area contributed by atoms with E-state index in [1.165, 1.54) is 5.56 Å². The summed E-state index contributed by atoms with van der Waals surface area (Å²) in [6, 6.07) is 8.03. The largest absolute Gasteiger partial charge is 0.278 e. The van der Waals surface area contributed by atoms with Crippen LogP contribution >= 0.6 is 0 Å². The molecule has 0 unspecified atom stereocenters. The van der Waals surface area contributed by atoms with Gasteiger partial charge in [-0.05, 0) is 32.4 Å². The highest BCUT2D eigenvalue weighted by atomic mass is 16.6. The first kappa shape index (κ1) is 14.3. The van der Waals surface area contributed by atoms with E-state index < -0.39 is 0 Å². The molecule has 20 heavy (non-hydrogen) atoms. The molecule has 0 radical (unpaired) electrons. The van der Waals surface area contributed by atoms with Crippen LogP contribution in [0.15, 0.2) is 30.5 Å². The number of amides is 1. The van der Waals surface area contributed by atoms with Crippen LogP contribution in [-0.2, 0) is 11.3 Å². The molecule has 5 nitrogen and oxygen atoms in total. The number of carbonyl (C=O) groups excluding carboxylic acids is 1. The molecule has 0 aliphatic heterocycles. The summed E-state index contributed by atoms with van der Waals surface area (Å²) in [6.07, 6.45) is 2.29. The van der Waals surface area contributed by atoms with Gasteiger partial charge in [-0.25, -0.2) is 10.2 Å². The molecular formula is C15H19N3O2. The second-order valence-corrected chi connectivity index (χ2v) is 4.47. The molecule has 1 aromatic carbocycles. The number of aromatic nitrogens is 2. The number of hydrogen-bond donors (Lipinski definition) is 1. The molecule has 106 valence electrons. The van der Waals surface area contributed by atoms with Crippen LogP contribution < -0.4 is 5.48 Å². The van der Waals surface area contributed by atoms with Gasteiger partial charge in [0.2, 0.25) is 0 Å². The maximum atomic E-state index is 12.0. The van der Waals surface area contributed by atoms with E-state index in [1.807, 2.05) is 45.0 Å². The van der Waals surface area contributed by atoms with E-state index >= 15 is 0 Å². The van der Waals surface area contributed by atoms with E-state index in [2.05, 4.69) is 10.6 Å². The predicted molar refractivity (Wildman–Crippen MR) is 76.8 cm³/mol. The lowest BCUT2D eigenvalue weighted by molar-refractivity contribution is 0.0363. The van der Waals surface area contributed by atoms with Crippen LogP contribution in [0.2, 0.25) is 0 Å². The van der Waals surface area contributed by atoms with Crippen LogP contribution in [0.5, 0.6) is 0 Å². The Hall–Kier alpha value is -2.14. The van der Waals surface area contributed by atoms with Gasteiger partial charge in [0.05, 0.1) is 29.7 Å². The van der Waals surface area contributed by atoms with Gasteiger partial charge < -0.3 is 0 Å². The third-order valence-electron chi connectivity index (χ3n) is 3.04. The van der Waals surface area contributed by atoms with Crippen molar-refractivity contribution in [2.75, 3.05) is 6.61 Å². The number of hydroxylamine groups is 1.